The molecular formula is C39H39N9O6. The van der Waals surface area contributed by atoms with Gasteiger partial charge in [0.05, 0.1) is 38.2 Å². The minimum absolute atomic E-state index is 0.0687. The molecule has 15 heteroatoms. The van der Waals surface area contributed by atoms with Gasteiger partial charge in [-0.3, -0.25) is 0 Å². The van der Waals surface area contributed by atoms with E-state index in [0.29, 0.717) is 34.3 Å². The van der Waals surface area contributed by atoms with Crippen molar-refractivity contribution in [1.82, 2.24) is 45.0 Å². The standard InChI is InChI=1S/C39H39N9O6/c49-31(19-46-22-37(40-43-46)28-10-4-1-5-11-28)25-52-34-16-35(53-26-32(50)20-47-23-38(41-44-47)29-12-6-2-7-13-29)18-36(17-34)54-27-33(51)21-48-24-39(42-45-48)30-14-8-3-9-15-30/h1-18,22-24,31-33,49-51H,19-21,25-27H2. The molecule has 0 fully saturated rings. The van der Waals surface area contributed by atoms with Crippen molar-refractivity contribution in [3.8, 4) is 51.0 Å². The van der Waals surface area contributed by atoms with Crippen LogP contribution >= 0.6 is 0 Å². The van der Waals surface area contributed by atoms with Gasteiger partial charge in [-0.15, -0.1) is 15.3 Å². The summed E-state index contributed by atoms with van der Waals surface area (Å²) in [6, 6.07) is 33.8. The maximum Gasteiger partial charge on any atom is 0.126 e. The predicted molar refractivity (Wildman–Crippen MR) is 197 cm³/mol. The summed E-state index contributed by atoms with van der Waals surface area (Å²) in [5, 5.41) is 57.4. The number of hydrogen-bond donors (Lipinski definition) is 3. The van der Waals surface area contributed by atoms with E-state index in [1.807, 2.05) is 91.0 Å². The number of aliphatic hydroxyl groups excluding tert-OH is 3. The van der Waals surface area contributed by atoms with Crippen molar-refractivity contribution in [2.75, 3.05) is 19.8 Å². The Morgan fingerprint density at radius 3 is 0.981 bits per heavy atom. The smallest absolute Gasteiger partial charge is 0.126 e. The van der Waals surface area contributed by atoms with Gasteiger partial charge in [-0.05, 0) is 0 Å². The van der Waals surface area contributed by atoms with Crippen LogP contribution in [0.15, 0.2) is 128 Å². The van der Waals surface area contributed by atoms with Gasteiger partial charge < -0.3 is 29.5 Å². The zero-order valence-corrected chi connectivity index (χ0v) is 29.2. The van der Waals surface area contributed by atoms with Crippen LogP contribution in [0.25, 0.3) is 33.8 Å². The van der Waals surface area contributed by atoms with Crippen molar-refractivity contribution in [1.29, 1.82) is 0 Å². The largest absolute Gasteiger partial charge is 0.491 e. The molecule has 54 heavy (non-hydrogen) atoms. The van der Waals surface area contributed by atoms with Crippen LogP contribution < -0.4 is 14.2 Å². The monoisotopic (exact) mass is 729 g/mol. The molecule has 0 bridgehead atoms. The lowest BCUT2D eigenvalue weighted by atomic mass is 10.2. The summed E-state index contributed by atoms with van der Waals surface area (Å²) in [5.74, 6) is 1.05. The SMILES string of the molecule is OC(COc1cc(OCC(O)Cn2cc(-c3ccccc3)nn2)cc(OCC(O)Cn2cc(-c3ccccc3)nn2)c1)Cn1cc(-c2ccccc2)nn1. The van der Waals surface area contributed by atoms with Gasteiger partial charge in [-0.2, -0.15) is 0 Å². The summed E-state index contributed by atoms with van der Waals surface area (Å²) in [5.41, 5.74) is 4.85. The first-order valence-electron chi connectivity index (χ1n) is 17.4. The van der Waals surface area contributed by atoms with Crippen molar-refractivity contribution in [2.24, 2.45) is 0 Å². The zero-order valence-electron chi connectivity index (χ0n) is 29.2. The van der Waals surface area contributed by atoms with E-state index in [1.54, 1.807) is 50.8 Å². The van der Waals surface area contributed by atoms with E-state index in [2.05, 4.69) is 30.9 Å². The summed E-state index contributed by atoms with van der Waals surface area (Å²) in [6.45, 7) is 0.253. The predicted octanol–water partition coefficient (Wildman–Crippen LogP) is 3.78. The Labute approximate surface area is 310 Å². The second kappa shape index (κ2) is 17.4. The Balaban J connectivity index is 0.976. The summed E-state index contributed by atoms with van der Waals surface area (Å²) in [7, 11) is 0. The molecular weight excluding hydrogens is 690 g/mol. The van der Waals surface area contributed by atoms with Crippen LogP contribution in [-0.2, 0) is 19.6 Å². The molecule has 4 aromatic carbocycles. The Kier molecular flexibility index (Phi) is 11.6. The second-order valence-electron chi connectivity index (χ2n) is 12.6. The molecule has 0 aliphatic carbocycles. The molecule has 0 amide bonds. The average molecular weight is 730 g/mol. The summed E-state index contributed by atoms with van der Waals surface area (Å²) >= 11 is 0. The molecule has 0 spiro atoms. The molecule has 3 heterocycles. The van der Waals surface area contributed by atoms with E-state index in [9.17, 15) is 15.3 Å². The first-order chi connectivity index (χ1) is 26.4. The number of hydrogen-bond acceptors (Lipinski definition) is 12. The van der Waals surface area contributed by atoms with Crippen LogP contribution in [0.3, 0.4) is 0 Å². The van der Waals surface area contributed by atoms with Gasteiger partial charge in [0.15, 0.2) is 0 Å². The van der Waals surface area contributed by atoms with Crippen LogP contribution in [0.4, 0.5) is 0 Å². The highest BCUT2D eigenvalue weighted by atomic mass is 16.5. The Morgan fingerprint density at radius 1 is 0.426 bits per heavy atom. The number of nitrogens with zero attached hydrogens (tertiary/aromatic N) is 9. The van der Waals surface area contributed by atoms with Gasteiger partial charge in [0, 0.05) is 34.9 Å². The Morgan fingerprint density at radius 2 is 0.704 bits per heavy atom. The fourth-order valence-electron chi connectivity index (χ4n) is 5.57. The summed E-state index contributed by atoms with van der Waals surface area (Å²) < 4.78 is 22.6. The number of benzene rings is 4. The van der Waals surface area contributed by atoms with Crippen molar-refractivity contribution >= 4 is 0 Å². The minimum atomic E-state index is -0.917. The van der Waals surface area contributed by atoms with Gasteiger partial charge in [-0.25, -0.2) is 14.0 Å². The molecule has 15 nitrogen and oxygen atoms in total. The van der Waals surface area contributed by atoms with Gasteiger partial charge in [0.1, 0.15) is 72.5 Å². The Hall–Kier alpha value is -6.42. The van der Waals surface area contributed by atoms with Gasteiger partial charge in [0.25, 0.3) is 0 Å². The van der Waals surface area contributed by atoms with Gasteiger partial charge in [-0.1, -0.05) is 107 Å². The maximum atomic E-state index is 10.8. The van der Waals surface area contributed by atoms with Crippen molar-refractivity contribution in [3.05, 3.63) is 128 Å². The summed E-state index contributed by atoms with van der Waals surface area (Å²) in [4.78, 5) is 0. The molecule has 0 saturated heterocycles. The third-order valence-corrected chi connectivity index (χ3v) is 8.20. The van der Waals surface area contributed by atoms with Crippen molar-refractivity contribution in [3.63, 3.8) is 0 Å². The van der Waals surface area contributed by atoms with E-state index in [4.69, 9.17) is 14.2 Å². The summed E-state index contributed by atoms with van der Waals surface area (Å²) in [6.07, 6.45) is 2.54. The lowest BCUT2D eigenvalue weighted by Gasteiger charge is -2.17. The topological polar surface area (TPSA) is 181 Å². The van der Waals surface area contributed by atoms with Crippen molar-refractivity contribution < 1.29 is 29.5 Å². The fourth-order valence-corrected chi connectivity index (χ4v) is 5.57. The highest BCUT2D eigenvalue weighted by molar-refractivity contribution is 5.58. The molecule has 276 valence electrons. The van der Waals surface area contributed by atoms with Crippen LogP contribution in [0.1, 0.15) is 0 Å². The number of ether oxygens (including phenoxy) is 3. The van der Waals surface area contributed by atoms with E-state index in [0.717, 1.165) is 16.7 Å². The number of rotatable bonds is 18. The Bertz CT molecular complexity index is 1940. The zero-order chi connectivity index (χ0) is 37.1. The third kappa shape index (κ3) is 9.92. The van der Waals surface area contributed by atoms with Crippen LogP contribution in [-0.4, -0.2) is 98.4 Å². The van der Waals surface area contributed by atoms with E-state index in [-0.39, 0.29) is 39.5 Å². The first-order valence-corrected chi connectivity index (χ1v) is 17.4. The number of aromatic nitrogens is 9. The average Bonchev–Trinajstić information content (AvgIpc) is 3.99. The van der Waals surface area contributed by atoms with Crippen LogP contribution in [0, 0.1) is 0 Å². The van der Waals surface area contributed by atoms with E-state index in [1.165, 1.54) is 0 Å². The van der Waals surface area contributed by atoms with E-state index < -0.39 is 18.3 Å². The quantitative estimate of drug-likeness (QED) is 0.117. The van der Waals surface area contributed by atoms with Crippen LogP contribution in [0.5, 0.6) is 17.2 Å². The fraction of sp³-hybridized carbons (Fsp3) is 0.231. The molecule has 0 aliphatic heterocycles. The van der Waals surface area contributed by atoms with Crippen molar-refractivity contribution in [2.45, 2.75) is 37.9 Å². The van der Waals surface area contributed by atoms with Gasteiger partial charge >= 0.3 is 0 Å². The lowest BCUT2D eigenvalue weighted by Crippen LogP contribution is -2.25. The lowest BCUT2D eigenvalue weighted by molar-refractivity contribution is 0.0821. The highest BCUT2D eigenvalue weighted by Crippen LogP contribution is 2.29. The molecule has 7 aromatic rings. The molecule has 0 aliphatic rings. The second-order valence-corrected chi connectivity index (χ2v) is 12.6. The molecule has 0 radical (unpaired) electrons. The highest BCUT2D eigenvalue weighted by Gasteiger charge is 2.15. The maximum absolute atomic E-state index is 10.8. The molecule has 3 atom stereocenters. The first kappa shape index (κ1) is 36.0. The number of aliphatic hydroxyl groups is 3. The molecule has 3 N–H and O–H groups in total. The van der Waals surface area contributed by atoms with E-state index >= 15 is 0 Å². The van der Waals surface area contributed by atoms with Crippen LogP contribution in [0.2, 0.25) is 0 Å². The minimum Gasteiger partial charge on any atom is -0.491 e. The third-order valence-electron chi connectivity index (χ3n) is 8.20. The normalized spacial score (nSPS) is 12.9. The van der Waals surface area contributed by atoms with Gasteiger partial charge in [0.2, 0.25) is 0 Å². The molecule has 0 saturated carbocycles. The molecule has 3 aromatic heterocycles. The molecule has 7 rings (SSSR count). The molecule has 3 unspecified atom stereocenters.